The van der Waals surface area contributed by atoms with Gasteiger partial charge in [-0.2, -0.15) is 0 Å². The van der Waals surface area contributed by atoms with Crippen LogP contribution in [0.25, 0.3) is 10.2 Å². The molecule has 6 rings (SSSR count). The van der Waals surface area contributed by atoms with Gasteiger partial charge in [-0.05, 0) is 67.9 Å². The molecule has 1 amide bonds. The van der Waals surface area contributed by atoms with Crippen molar-refractivity contribution in [1.82, 2.24) is 19.6 Å². The Morgan fingerprint density at radius 2 is 1.90 bits per heavy atom. The SMILES string of the molecule is CCc1nc(N2CCN(C(=O)c3ccc(S(=O)(=O)NC[C@@H]4CCCO4)cc3)CC2)c2c3c(sc2n1)C[C@@H](C)CC3. The number of carbonyl (C=O) groups excluding carboxylic acids is 1. The first-order valence-corrected chi connectivity index (χ1v) is 16.7. The van der Waals surface area contributed by atoms with Crippen LogP contribution in [0, 0.1) is 5.92 Å². The van der Waals surface area contributed by atoms with Crippen molar-refractivity contribution in [3.8, 4) is 0 Å². The number of nitrogens with one attached hydrogen (secondary N) is 1. The summed E-state index contributed by atoms with van der Waals surface area (Å²) in [7, 11) is -3.65. The van der Waals surface area contributed by atoms with Crippen LogP contribution >= 0.6 is 11.3 Å². The van der Waals surface area contributed by atoms with Crippen LogP contribution in [0.3, 0.4) is 0 Å². The maximum atomic E-state index is 13.3. The minimum atomic E-state index is -3.65. The van der Waals surface area contributed by atoms with Crippen LogP contribution in [0.1, 0.15) is 59.7 Å². The van der Waals surface area contributed by atoms with Gasteiger partial charge in [0.05, 0.1) is 16.4 Å². The van der Waals surface area contributed by atoms with Crippen LogP contribution in [0.2, 0.25) is 0 Å². The highest BCUT2D eigenvalue weighted by molar-refractivity contribution is 7.89. The van der Waals surface area contributed by atoms with Gasteiger partial charge in [0.25, 0.3) is 5.91 Å². The second kappa shape index (κ2) is 11.3. The number of ether oxygens (including phenoxy) is 1. The first-order valence-electron chi connectivity index (χ1n) is 14.4. The Morgan fingerprint density at radius 3 is 2.60 bits per heavy atom. The molecule has 1 aromatic carbocycles. The predicted octanol–water partition coefficient (Wildman–Crippen LogP) is 3.80. The molecule has 11 heteroatoms. The van der Waals surface area contributed by atoms with Crippen LogP contribution in [0.5, 0.6) is 0 Å². The number of carbonyl (C=O) groups is 1. The molecule has 2 atom stereocenters. The Hall–Kier alpha value is -2.60. The van der Waals surface area contributed by atoms with Gasteiger partial charge in [0.15, 0.2) is 0 Å². The monoisotopic (exact) mass is 583 g/mol. The molecule has 0 spiro atoms. The van der Waals surface area contributed by atoms with Gasteiger partial charge < -0.3 is 14.5 Å². The van der Waals surface area contributed by atoms with E-state index in [0.29, 0.717) is 44.3 Å². The van der Waals surface area contributed by atoms with E-state index in [-0.39, 0.29) is 23.5 Å². The number of sulfonamides is 1. The molecule has 2 aromatic heterocycles. The summed E-state index contributed by atoms with van der Waals surface area (Å²) in [5.74, 6) is 2.51. The number of rotatable bonds is 7. The third-order valence-electron chi connectivity index (χ3n) is 8.30. The Kier molecular flexibility index (Phi) is 7.82. The molecule has 0 radical (unpaired) electrons. The fourth-order valence-corrected chi connectivity index (χ4v) is 8.39. The minimum absolute atomic E-state index is 0.0739. The van der Waals surface area contributed by atoms with Crippen LogP contribution in [-0.4, -0.2) is 74.6 Å². The van der Waals surface area contributed by atoms with Crippen molar-refractivity contribution in [3.63, 3.8) is 0 Å². The molecular formula is C29H37N5O4S2. The Balaban J connectivity index is 1.13. The molecule has 2 saturated heterocycles. The fraction of sp³-hybridized carbons (Fsp3) is 0.552. The van der Waals surface area contributed by atoms with E-state index in [2.05, 4.69) is 23.5 Å². The number of aromatic nitrogens is 2. The molecular weight excluding hydrogens is 546 g/mol. The second-order valence-corrected chi connectivity index (χ2v) is 14.0. The van der Waals surface area contributed by atoms with Crippen LogP contribution in [0.15, 0.2) is 29.2 Å². The first-order chi connectivity index (χ1) is 19.3. The maximum Gasteiger partial charge on any atom is 0.253 e. The van der Waals surface area contributed by atoms with Crippen molar-refractivity contribution in [2.45, 2.75) is 63.4 Å². The Bertz CT molecular complexity index is 1490. The molecule has 2 aliphatic heterocycles. The largest absolute Gasteiger partial charge is 0.377 e. The highest BCUT2D eigenvalue weighted by Gasteiger charge is 2.29. The molecule has 0 saturated carbocycles. The van der Waals surface area contributed by atoms with E-state index in [1.54, 1.807) is 12.1 Å². The number of piperazine rings is 1. The summed E-state index contributed by atoms with van der Waals surface area (Å²) in [5.41, 5.74) is 1.92. The number of hydrogen-bond acceptors (Lipinski definition) is 8. The highest BCUT2D eigenvalue weighted by atomic mass is 32.2. The average Bonchev–Trinajstić information content (AvgIpc) is 3.63. The van der Waals surface area contributed by atoms with Crippen molar-refractivity contribution in [3.05, 3.63) is 46.1 Å². The van der Waals surface area contributed by atoms with E-state index >= 15 is 0 Å². The molecule has 3 aliphatic rings. The zero-order valence-electron chi connectivity index (χ0n) is 23.2. The van der Waals surface area contributed by atoms with Gasteiger partial charge in [-0.1, -0.05) is 13.8 Å². The highest BCUT2D eigenvalue weighted by Crippen LogP contribution is 2.41. The van der Waals surface area contributed by atoms with Crippen molar-refractivity contribution in [2.24, 2.45) is 5.92 Å². The van der Waals surface area contributed by atoms with Crippen LogP contribution in [0.4, 0.5) is 5.82 Å². The number of fused-ring (bicyclic) bond motifs is 3. The molecule has 4 heterocycles. The topological polar surface area (TPSA) is 105 Å². The number of thiophene rings is 1. The molecule has 2 fully saturated rings. The van der Waals surface area contributed by atoms with Crippen molar-refractivity contribution >= 4 is 43.3 Å². The lowest BCUT2D eigenvalue weighted by atomic mass is 9.89. The first kappa shape index (κ1) is 27.6. The van der Waals surface area contributed by atoms with Crippen molar-refractivity contribution in [1.29, 1.82) is 0 Å². The molecule has 1 aliphatic carbocycles. The summed E-state index contributed by atoms with van der Waals surface area (Å²) in [4.78, 5) is 30.0. The Labute approximate surface area is 240 Å². The third kappa shape index (κ3) is 5.48. The minimum Gasteiger partial charge on any atom is -0.377 e. The summed E-state index contributed by atoms with van der Waals surface area (Å²) in [6.07, 6.45) is 5.92. The van der Waals surface area contributed by atoms with Gasteiger partial charge >= 0.3 is 0 Å². The summed E-state index contributed by atoms with van der Waals surface area (Å²) < 4.78 is 33.5. The fourth-order valence-electron chi connectivity index (χ4n) is 5.92. The quantitative estimate of drug-likeness (QED) is 0.451. The molecule has 0 unspecified atom stereocenters. The molecule has 1 N–H and O–H groups in total. The lowest BCUT2D eigenvalue weighted by Crippen LogP contribution is -2.49. The van der Waals surface area contributed by atoms with Gasteiger partial charge in [-0.15, -0.1) is 11.3 Å². The standard InChI is InChI=1S/C29H37N5O4S2/c1-3-25-31-27(26-23-11-6-19(2)17-24(23)39-28(26)32-25)33-12-14-34(15-13-33)29(35)20-7-9-22(10-8-20)40(36,37)30-18-21-5-4-16-38-21/h7-10,19,21,30H,3-6,11-18H2,1-2H3/t19-,21-/m0/s1. The van der Waals surface area contributed by atoms with Gasteiger partial charge in [0, 0.05) is 56.2 Å². The molecule has 3 aromatic rings. The molecule has 214 valence electrons. The molecule has 9 nitrogen and oxygen atoms in total. The Morgan fingerprint density at radius 1 is 1.12 bits per heavy atom. The summed E-state index contributed by atoms with van der Waals surface area (Å²) in [5, 5.41) is 1.22. The zero-order chi connectivity index (χ0) is 27.9. The maximum absolute atomic E-state index is 13.3. The number of nitrogens with zero attached hydrogens (tertiary/aromatic N) is 4. The second-order valence-electron chi connectivity index (χ2n) is 11.1. The molecule has 0 bridgehead atoms. The summed E-state index contributed by atoms with van der Waals surface area (Å²) in [6.45, 7) is 7.91. The average molecular weight is 584 g/mol. The molecule has 40 heavy (non-hydrogen) atoms. The van der Waals surface area contributed by atoms with E-state index < -0.39 is 10.0 Å². The number of hydrogen-bond donors (Lipinski definition) is 1. The van der Waals surface area contributed by atoms with E-state index in [1.165, 1.54) is 34.4 Å². The van der Waals surface area contributed by atoms with E-state index in [0.717, 1.165) is 48.6 Å². The number of benzene rings is 1. The summed E-state index contributed by atoms with van der Waals surface area (Å²) >= 11 is 1.83. The number of anilines is 1. The normalized spacial score (nSPS) is 21.6. The summed E-state index contributed by atoms with van der Waals surface area (Å²) in [6, 6.07) is 6.22. The van der Waals surface area contributed by atoms with Gasteiger partial charge in [0.2, 0.25) is 10.0 Å². The van der Waals surface area contributed by atoms with Crippen LogP contribution in [-0.2, 0) is 34.0 Å². The van der Waals surface area contributed by atoms with E-state index in [4.69, 9.17) is 14.7 Å². The number of amides is 1. The lowest BCUT2D eigenvalue weighted by Gasteiger charge is -2.36. The van der Waals surface area contributed by atoms with E-state index in [9.17, 15) is 13.2 Å². The van der Waals surface area contributed by atoms with Crippen molar-refractivity contribution in [2.75, 3.05) is 44.2 Å². The predicted molar refractivity (Wildman–Crippen MR) is 157 cm³/mol. The van der Waals surface area contributed by atoms with E-state index in [1.807, 2.05) is 16.2 Å². The van der Waals surface area contributed by atoms with Crippen molar-refractivity contribution < 1.29 is 17.9 Å². The third-order valence-corrected chi connectivity index (χ3v) is 10.9. The van der Waals surface area contributed by atoms with Crippen LogP contribution < -0.4 is 9.62 Å². The lowest BCUT2D eigenvalue weighted by molar-refractivity contribution is 0.0746. The number of aryl methyl sites for hydroxylation is 2. The zero-order valence-corrected chi connectivity index (χ0v) is 24.8. The van der Waals surface area contributed by atoms with Gasteiger partial charge in [-0.25, -0.2) is 23.1 Å². The van der Waals surface area contributed by atoms with Gasteiger partial charge in [0.1, 0.15) is 16.5 Å². The van der Waals surface area contributed by atoms with Gasteiger partial charge in [-0.3, -0.25) is 4.79 Å². The smallest absolute Gasteiger partial charge is 0.253 e.